The summed E-state index contributed by atoms with van der Waals surface area (Å²) in [5.41, 5.74) is 12.9. The lowest BCUT2D eigenvalue weighted by molar-refractivity contribution is 0.669. The zero-order valence-electron chi connectivity index (χ0n) is 29.9. The van der Waals surface area contributed by atoms with E-state index in [1.165, 1.54) is 38.2 Å². The summed E-state index contributed by atoms with van der Waals surface area (Å²) in [6, 6.07) is 73.8. The van der Waals surface area contributed by atoms with Gasteiger partial charge in [-0.05, 0) is 81.6 Å². The Kier molecular flexibility index (Phi) is 7.17. The molecule has 0 fully saturated rings. The Labute approximate surface area is 318 Å². The average Bonchev–Trinajstić information content (AvgIpc) is 3.81. The molecule has 258 valence electrons. The second kappa shape index (κ2) is 12.6. The highest BCUT2D eigenvalue weighted by Gasteiger charge is 2.24. The highest BCUT2D eigenvalue weighted by molar-refractivity contribution is 6.23. The van der Waals surface area contributed by atoms with Crippen molar-refractivity contribution in [1.82, 2.24) is 4.57 Å². The summed E-state index contributed by atoms with van der Waals surface area (Å²) in [4.78, 5) is 2.41. The number of aromatic nitrogens is 1. The second-order valence-electron chi connectivity index (χ2n) is 14.1. The van der Waals surface area contributed by atoms with Gasteiger partial charge in [0.15, 0.2) is 0 Å². The molecular formula is C52H34N2O. The van der Waals surface area contributed by atoms with Crippen LogP contribution in [-0.2, 0) is 0 Å². The highest BCUT2D eigenvalue weighted by Crippen LogP contribution is 2.48. The van der Waals surface area contributed by atoms with E-state index in [0.29, 0.717) is 0 Å². The SMILES string of the molecule is c1ccc(-c2ccc(N(c3cc(-c4ccccc4)c4c(c3)oc3ccc5ccccc5c34)c3cccc4c5ccccc5n(-c5ccccc5)c34)cc2)cc1. The molecule has 0 radical (unpaired) electrons. The number of hydrogen-bond donors (Lipinski definition) is 0. The fraction of sp³-hybridized carbons (Fsp3) is 0. The zero-order valence-corrected chi connectivity index (χ0v) is 29.9. The molecule has 2 aromatic heterocycles. The second-order valence-corrected chi connectivity index (χ2v) is 14.1. The molecule has 0 saturated heterocycles. The number of furan rings is 1. The molecule has 0 unspecified atom stereocenters. The fourth-order valence-corrected chi connectivity index (χ4v) is 8.51. The molecule has 55 heavy (non-hydrogen) atoms. The number of para-hydroxylation sites is 3. The molecule has 0 aliphatic rings. The third-order valence-electron chi connectivity index (χ3n) is 11.0. The van der Waals surface area contributed by atoms with Gasteiger partial charge in [0.2, 0.25) is 0 Å². The Morgan fingerprint density at radius 3 is 1.82 bits per heavy atom. The van der Waals surface area contributed by atoms with Crippen LogP contribution >= 0.6 is 0 Å². The molecule has 9 aromatic carbocycles. The van der Waals surface area contributed by atoms with Crippen LogP contribution in [0, 0.1) is 0 Å². The van der Waals surface area contributed by atoms with Crippen LogP contribution in [-0.4, -0.2) is 4.57 Å². The minimum absolute atomic E-state index is 0.851. The molecule has 0 aliphatic carbocycles. The van der Waals surface area contributed by atoms with E-state index in [1.54, 1.807) is 0 Å². The van der Waals surface area contributed by atoms with Crippen molar-refractivity contribution in [2.24, 2.45) is 0 Å². The molecule has 0 amide bonds. The van der Waals surface area contributed by atoms with Crippen LogP contribution in [0.2, 0.25) is 0 Å². The third kappa shape index (κ3) is 5.05. The van der Waals surface area contributed by atoms with E-state index in [-0.39, 0.29) is 0 Å². The lowest BCUT2D eigenvalue weighted by Crippen LogP contribution is -2.12. The smallest absolute Gasteiger partial charge is 0.138 e. The summed E-state index contributed by atoms with van der Waals surface area (Å²) in [5, 5.41) is 7.06. The van der Waals surface area contributed by atoms with Gasteiger partial charge in [0.05, 0.1) is 22.4 Å². The molecule has 0 saturated carbocycles. The van der Waals surface area contributed by atoms with Gasteiger partial charge < -0.3 is 13.9 Å². The molecule has 0 N–H and O–H groups in total. The Morgan fingerprint density at radius 1 is 0.400 bits per heavy atom. The maximum absolute atomic E-state index is 6.86. The summed E-state index contributed by atoms with van der Waals surface area (Å²) in [7, 11) is 0. The van der Waals surface area contributed by atoms with Gasteiger partial charge in [0.1, 0.15) is 11.2 Å². The van der Waals surface area contributed by atoms with Crippen molar-refractivity contribution in [3.63, 3.8) is 0 Å². The van der Waals surface area contributed by atoms with Crippen molar-refractivity contribution < 1.29 is 4.42 Å². The van der Waals surface area contributed by atoms with Crippen molar-refractivity contribution in [3.05, 3.63) is 206 Å². The van der Waals surface area contributed by atoms with Crippen LogP contribution in [0.15, 0.2) is 211 Å². The van der Waals surface area contributed by atoms with E-state index in [1.807, 2.05) is 0 Å². The summed E-state index contributed by atoms with van der Waals surface area (Å²) in [6.45, 7) is 0. The molecule has 3 nitrogen and oxygen atoms in total. The molecule has 0 bridgehead atoms. The molecule has 3 heteroatoms. The van der Waals surface area contributed by atoms with Gasteiger partial charge in [0, 0.05) is 39.0 Å². The first kappa shape index (κ1) is 31.2. The van der Waals surface area contributed by atoms with Gasteiger partial charge in [-0.1, -0.05) is 152 Å². The molecule has 11 aromatic rings. The monoisotopic (exact) mass is 702 g/mol. The number of rotatable bonds is 6. The Balaban J connectivity index is 1.25. The van der Waals surface area contributed by atoms with Crippen LogP contribution in [0.5, 0.6) is 0 Å². The molecule has 0 atom stereocenters. The normalized spacial score (nSPS) is 11.6. The first-order chi connectivity index (χ1) is 27.3. The fourth-order valence-electron chi connectivity index (χ4n) is 8.51. The predicted molar refractivity (Wildman–Crippen MR) is 231 cm³/mol. The minimum atomic E-state index is 0.851. The van der Waals surface area contributed by atoms with Gasteiger partial charge >= 0.3 is 0 Å². The molecule has 2 heterocycles. The van der Waals surface area contributed by atoms with E-state index in [4.69, 9.17) is 4.42 Å². The van der Waals surface area contributed by atoms with E-state index in [0.717, 1.165) is 61.3 Å². The van der Waals surface area contributed by atoms with Crippen LogP contribution < -0.4 is 4.90 Å². The van der Waals surface area contributed by atoms with Crippen LogP contribution in [0.4, 0.5) is 17.1 Å². The van der Waals surface area contributed by atoms with Gasteiger partial charge in [-0.3, -0.25) is 0 Å². The Bertz CT molecular complexity index is 3180. The first-order valence-corrected chi connectivity index (χ1v) is 18.8. The molecule has 0 spiro atoms. The standard InChI is InChI=1S/C52H34N2O/c1-4-15-35(16-5-1)36-27-30-40(31-28-36)53(47-26-14-24-44-43-23-12-13-25-46(43)54(52(44)47)39-20-8-3-9-21-39)41-33-45(37-17-6-2-7-18-37)51-49(34-41)55-48-32-29-38-19-10-11-22-42(38)50(48)51/h1-34H. The molecular weight excluding hydrogens is 669 g/mol. The number of benzene rings is 9. The van der Waals surface area contributed by atoms with Gasteiger partial charge in [-0.15, -0.1) is 0 Å². The van der Waals surface area contributed by atoms with Gasteiger partial charge in [0.25, 0.3) is 0 Å². The van der Waals surface area contributed by atoms with Crippen molar-refractivity contribution in [1.29, 1.82) is 0 Å². The number of anilines is 3. The van der Waals surface area contributed by atoms with Crippen molar-refractivity contribution in [3.8, 4) is 27.9 Å². The zero-order chi connectivity index (χ0) is 36.3. The maximum Gasteiger partial charge on any atom is 0.138 e. The third-order valence-corrected chi connectivity index (χ3v) is 11.0. The summed E-state index contributed by atoms with van der Waals surface area (Å²) in [5.74, 6) is 0. The topological polar surface area (TPSA) is 21.3 Å². The van der Waals surface area contributed by atoms with E-state index in [9.17, 15) is 0 Å². The lowest BCUT2D eigenvalue weighted by Gasteiger charge is -2.28. The van der Waals surface area contributed by atoms with E-state index < -0.39 is 0 Å². The minimum Gasteiger partial charge on any atom is -0.456 e. The molecule has 0 aliphatic heterocycles. The average molecular weight is 703 g/mol. The highest BCUT2D eigenvalue weighted by atomic mass is 16.3. The summed E-state index contributed by atoms with van der Waals surface area (Å²) >= 11 is 0. The van der Waals surface area contributed by atoms with Crippen LogP contribution in [0.25, 0.3) is 82.5 Å². The number of nitrogens with zero attached hydrogens (tertiary/aromatic N) is 2. The quantitative estimate of drug-likeness (QED) is 0.172. The van der Waals surface area contributed by atoms with E-state index >= 15 is 0 Å². The first-order valence-electron chi connectivity index (χ1n) is 18.8. The Morgan fingerprint density at radius 2 is 1.04 bits per heavy atom. The van der Waals surface area contributed by atoms with Crippen LogP contribution in [0.1, 0.15) is 0 Å². The maximum atomic E-state index is 6.86. The van der Waals surface area contributed by atoms with E-state index in [2.05, 4.69) is 216 Å². The van der Waals surface area contributed by atoms with Gasteiger partial charge in [-0.2, -0.15) is 0 Å². The number of fused-ring (bicyclic) bond motifs is 8. The van der Waals surface area contributed by atoms with Gasteiger partial charge in [-0.25, -0.2) is 0 Å². The van der Waals surface area contributed by atoms with Crippen molar-refractivity contribution in [2.45, 2.75) is 0 Å². The summed E-state index contributed by atoms with van der Waals surface area (Å²) < 4.78 is 9.27. The largest absolute Gasteiger partial charge is 0.456 e. The van der Waals surface area contributed by atoms with Crippen molar-refractivity contribution in [2.75, 3.05) is 4.90 Å². The van der Waals surface area contributed by atoms with Crippen molar-refractivity contribution >= 4 is 71.6 Å². The lowest BCUT2D eigenvalue weighted by atomic mass is 9.95. The summed E-state index contributed by atoms with van der Waals surface area (Å²) in [6.07, 6.45) is 0. The Hall–Kier alpha value is -7.36. The predicted octanol–water partition coefficient (Wildman–Crippen LogP) is 14.6. The van der Waals surface area contributed by atoms with Crippen LogP contribution in [0.3, 0.4) is 0 Å². The number of hydrogen-bond acceptors (Lipinski definition) is 2. The molecule has 11 rings (SSSR count).